The molecule has 0 aliphatic heterocycles. The van der Waals surface area contributed by atoms with Gasteiger partial charge in [0.25, 0.3) is 5.89 Å². The Balaban J connectivity index is 2.40. The van der Waals surface area contributed by atoms with Gasteiger partial charge in [0.2, 0.25) is 0 Å². The molecule has 16 heavy (non-hydrogen) atoms. The lowest BCUT2D eigenvalue weighted by Gasteiger charge is -2.03. The zero-order chi connectivity index (χ0) is 11.5. The molecule has 1 heterocycles. The van der Waals surface area contributed by atoms with Crippen molar-refractivity contribution in [1.29, 1.82) is 0 Å². The molecule has 0 unspecified atom stereocenters. The number of aromatic nitrogens is 2. The van der Waals surface area contributed by atoms with Crippen molar-refractivity contribution in [1.82, 2.24) is 10.1 Å². The Labute approximate surface area is 93.2 Å². The molecule has 0 fully saturated rings. The van der Waals surface area contributed by atoms with Crippen LogP contribution in [0.2, 0.25) is 0 Å². The number of rotatable bonds is 3. The average Bonchev–Trinajstić information content (AvgIpc) is 2.77. The van der Waals surface area contributed by atoms with Crippen LogP contribution in [-0.4, -0.2) is 17.3 Å². The number of nitrogens with zero attached hydrogens (tertiary/aromatic N) is 2. The highest BCUT2D eigenvalue weighted by atomic mass is 16.5. The standard InChI is InChI=1S/C11H13N3O2/c1-3-10-13-11(16-14-10)8-5-4-7(15-2)6-9(8)12/h4-6H,3,12H2,1-2H3. The van der Waals surface area contributed by atoms with Crippen molar-refractivity contribution in [3.8, 4) is 17.2 Å². The molecule has 0 aliphatic carbocycles. The molecule has 1 aromatic heterocycles. The molecular weight excluding hydrogens is 206 g/mol. The minimum Gasteiger partial charge on any atom is -0.497 e. The summed E-state index contributed by atoms with van der Waals surface area (Å²) in [5.41, 5.74) is 7.16. The zero-order valence-corrected chi connectivity index (χ0v) is 9.23. The molecule has 5 nitrogen and oxygen atoms in total. The van der Waals surface area contributed by atoms with Gasteiger partial charge in [-0.05, 0) is 12.1 Å². The molecule has 2 aromatic rings. The van der Waals surface area contributed by atoms with E-state index in [9.17, 15) is 0 Å². The Hall–Kier alpha value is -2.04. The van der Waals surface area contributed by atoms with Crippen LogP contribution < -0.4 is 10.5 Å². The van der Waals surface area contributed by atoms with Crippen LogP contribution in [0.5, 0.6) is 5.75 Å². The second-order valence-electron chi connectivity index (χ2n) is 3.32. The SMILES string of the molecule is CCc1noc(-c2ccc(OC)cc2N)n1. The van der Waals surface area contributed by atoms with Crippen LogP contribution >= 0.6 is 0 Å². The van der Waals surface area contributed by atoms with Crippen LogP contribution in [0.25, 0.3) is 11.5 Å². The summed E-state index contributed by atoms with van der Waals surface area (Å²) in [6, 6.07) is 5.34. The number of hydrogen-bond acceptors (Lipinski definition) is 5. The number of nitrogen functional groups attached to an aromatic ring is 1. The third kappa shape index (κ3) is 1.84. The van der Waals surface area contributed by atoms with Crippen molar-refractivity contribution in [3.63, 3.8) is 0 Å². The highest BCUT2D eigenvalue weighted by Gasteiger charge is 2.11. The molecule has 0 atom stereocenters. The molecule has 0 saturated carbocycles. The molecule has 0 bridgehead atoms. The maximum Gasteiger partial charge on any atom is 0.260 e. The summed E-state index contributed by atoms with van der Waals surface area (Å²) in [5, 5.41) is 3.82. The van der Waals surface area contributed by atoms with Gasteiger partial charge in [0.1, 0.15) is 5.75 Å². The quantitative estimate of drug-likeness (QED) is 0.798. The van der Waals surface area contributed by atoms with E-state index in [0.717, 1.165) is 12.0 Å². The summed E-state index contributed by atoms with van der Waals surface area (Å²) in [7, 11) is 1.59. The maximum absolute atomic E-state index is 5.87. The molecule has 0 spiro atoms. The lowest BCUT2D eigenvalue weighted by atomic mass is 10.1. The highest BCUT2D eigenvalue weighted by molar-refractivity contribution is 5.71. The van der Waals surface area contributed by atoms with Crippen molar-refractivity contribution in [2.24, 2.45) is 0 Å². The van der Waals surface area contributed by atoms with Crippen molar-refractivity contribution in [3.05, 3.63) is 24.0 Å². The second kappa shape index (κ2) is 4.22. The first kappa shape index (κ1) is 10.5. The van der Waals surface area contributed by atoms with Gasteiger partial charge in [-0.3, -0.25) is 0 Å². The number of aryl methyl sites for hydroxylation is 1. The van der Waals surface area contributed by atoms with E-state index in [4.69, 9.17) is 15.0 Å². The largest absolute Gasteiger partial charge is 0.497 e. The fourth-order valence-corrected chi connectivity index (χ4v) is 1.37. The van der Waals surface area contributed by atoms with Gasteiger partial charge in [-0.15, -0.1) is 0 Å². The van der Waals surface area contributed by atoms with Gasteiger partial charge in [0.15, 0.2) is 5.82 Å². The number of nitrogens with two attached hydrogens (primary N) is 1. The molecule has 2 N–H and O–H groups in total. The smallest absolute Gasteiger partial charge is 0.260 e. The maximum atomic E-state index is 5.87. The molecular formula is C11H13N3O2. The van der Waals surface area contributed by atoms with Crippen LogP contribution in [0.15, 0.2) is 22.7 Å². The molecule has 0 radical (unpaired) electrons. The zero-order valence-electron chi connectivity index (χ0n) is 9.23. The van der Waals surface area contributed by atoms with Gasteiger partial charge in [0, 0.05) is 18.2 Å². The van der Waals surface area contributed by atoms with Crippen molar-refractivity contribution in [2.75, 3.05) is 12.8 Å². The fourth-order valence-electron chi connectivity index (χ4n) is 1.37. The lowest BCUT2D eigenvalue weighted by Crippen LogP contribution is -1.92. The molecule has 0 saturated heterocycles. The number of hydrogen-bond donors (Lipinski definition) is 1. The summed E-state index contributed by atoms with van der Waals surface area (Å²) in [4.78, 5) is 4.22. The minimum atomic E-state index is 0.442. The molecule has 2 rings (SSSR count). The Morgan fingerprint density at radius 1 is 1.44 bits per heavy atom. The van der Waals surface area contributed by atoms with E-state index in [-0.39, 0.29) is 0 Å². The first-order valence-corrected chi connectivity index (χ1v) is 5.01. The van der Waals surface area contributed by atoms with E-state index in [1.165, 1.54) is 0 Å². The minimum absolute atomic E-state index is 0.442. The van der Waals surface area contributed by atoms with Gasteiger partial charge in [-0.25, -0.2) is 0 Å². The summed E-state index contributed by atoms with van der Waals surface area (Å²) >= 11 is 0. The van der Waals surface area contributed by atoms with Gasteiger partial charge in [0.05, 0.1) is 12.7 Å². The van der Waals surface area contributed by atoms with E-state index in [1.807, 2.05) is 13.0 Å². The van der Waals surface area contributed by atoms with Gasteiger partial charge < -0.3 is 15.0 Å². The number of anilines is 1. The van der Waals surface area contributed by atoms with E-state index in [0.29, 0.717) is 23.2 Å². The Morgan fingerprint density at radius 2 is 2.25 bits per heavy atom. The monoisotopic (exact) mass is 219 g/mol. The first-order valence-electron chi connectivity index (χ1n) is 5.01. The first-order chi connectivity index (χ1) is 7.74. The van der Waals surface area contributed by atoms with E-state index >= 15 is 0 Å². The molecule has 0 amide bonds. The average molecular weight is 219 g/mol. The predicted octanol–water partition coefficient (Wildman–Crippen LogP) is 1.89. The molecule has 5 heteroatoms. The van der Waals surface area contributed by atoms with Gasteiger partial charge in [-0.2, -0.15) is 4.98 Å². The van der Waals surface area contributed by atoms with E-state index < -0.39 is 0 Å². The van der Waals surface area contributed by atoms with E-state index in [2.05, 4.69) is 10.1 Å². The van der Waals surface area contributed by atoms with Crippen LogP contribution in [0.4, 0.5) is 5.69 Å². The summed E-state index contributed by atoms with van der Waals surface area (Å²) < 4.78 is 10.2. The second-order valence-corrected chi connectivity index (χ2v) is 3.32. The Bertz CT molecular complexity index is 494. The number of ether oxygens (including phenoxy) is 1. The summed E-state index contributed by atoms with van der Waals surface area (Å²) in [5.74, 6) is 1.82. The summed E-state index contributed by atoms with van der Waals surface area (Å²) in [6.45, 7) is 1.96. The third-order valence-electron chi connectivity index (χ3n) is 2.27. The number of methoxy groups -OCH3 is 1. The van der Waals surface area contributed by atoms with Crippen molar-refractivity contribution in [2.45, 2.75) is 13.3 Å². The summed E-state index contributed by atoms with van der Waals surface area (Å²) in [6.07, 6.45) is 0.736. The molecule has 84 valence electrons. The van der Waals surface area contributed by atoms with Crippen LogP contribution in [0, 0.1) is 0 Å². The Morgan fingerprint density at radius 3 is 2.81 bits per heavy atom. The molecule has 0 aliphatic rings. The van der Waals surface area contributed by atoms with Crippen LogP contribution in [0.3, 0.4) is 0 Å². The van der Waals surface area contributed by atoms with Gasteiger partial charge >= 0.3 is 0 Å². The van der Waals surface area contributed by atoms with E-state index in [1.54, 1.807) is 19.2 Å². The van der Waals surface area contributed by atoms with Crippen molar-refractivity contribution >= 4 is 5.69 Å². The van der Waals surface area contributed by atoms with Crippen LogP contribution in [0.1, 0.15) is 12.7 Å². The van der Waals surface area contributed by atoms with Crippen molar-refractivity contribution < 1.29 is 9.26 Å². The predicted molar refractivity (Wildman–Crippen MR) is 60.1 cm³/mol. The van der Waals surface area contributed by atoms with Gasteiger partial charge in [-0.1, -0.05) is 12.1 Å². The topological polar surface area (TPSA) is 74.2 Å². The third-order valence-corrected chi connectivity index (χ3v) is 2.27. The normalized spacial score (nSPS) is 10.4. The fraction of sp³-hybridized carbons (Fsp3) is 0.273. The molecule has 1 aromatic carbocycles. The highest BCUT2D eigenvalue weighted by Crippen LogP contribution is 2.27. The lowest BCUT2D eigenvalue weighted by molar-refractivity contribution is 0.414. The Kier molecular flexibility index (Phi) is 2.76. The number of benzene rings is 1. The van der Waals surface area contributed by atoms with Crippen LogP contribution in [-0.2, 0) is 6.42 Å².